The van der Waals surface area contributed by atoms with E-state index in [0.717, 1.165) is 0 Å². The van der Waals surface area contributed by atoms with E-state index < -0.39 is 48.2 Å². The summed E-state index contributed by atoms with van der Waals surface area (Å²) in [6, 6.07) is 2.37. The van der Waals surface area contributed by atoms with Gasteiger partial charge in [0.2, 0.25) is 17.7 Å². The van der Waals surface area contributed by atoms with Crippen LogP contribution in [-0.2, 0) is 25.6 Å². The van der Waals surface area contributed by atoms with Crippen LogP contribution in [0, 0.1) is 0 Å². The van der Waals surface area contributed by atoms with Gasteiger partial charge in [-0.2, -0.15) is 0 Å². The first-order chi connectivity index (χ1) is 15.0. The molecule has 12 N–H and O–H groups in total. The van der Waals surface area contributed by atoms with Gasteiger partial charge in [-0.1, -0.05) is 12.1 Å². The molecule has 13 heteroatoms. The second-order valence-electron chi connectivity index (χ2n) is 7.06. The Morgan fingerprint density at radius 3 is 2.09 bits per heavy atom. The summed E-state index contributed by atoms with van der Waals surface area (Å²) in [5, 5.41) is 23.2. The molecule has 3 atom stereocenters. The molecule has 0 radical (unpaired) electrons. The minimum Gasteiger partial charge on any atom is -0.508 e. The number of carbonyl (C=O) groups excluding carboxylic acids is 3. The summed E-state index contributed by atoms with van der Waals surface area (Å²) >= 11 is 0. The van der Waals surface area contributed by atoms with Crippen molar-refractivity contribution in [3.8, 4) is 5.75 Å². The molecular weight excluding hydrogens is 422 g/mol. The van der Waals surface area contributed by atoms with Crippen LogP contribution in [0.3, 0.4) is 0 Å². The predicted octanol–water partition coefficient (Wildman–Crippen LogP) is -2.75. The van der Waals surface area contributed by atoms with Crippen LogP contribution < -0.4 is 33.6 Å². The topological polar surface area (TPSA) is 249 Å². The van der Waals surface area contributed by atoms with Crippen molar-refractivity contribution >= 4 is 29.7 Å². The molecule has 1 rings (SSSR count). The summed E-state index contributed by atoms with van der Waals surface area (Å²) in [7, 11) is 0. The van der Waals surface area contributed by atoms with E-state index in [4.69, 9.17) is 22.9 Å². The number of carbonyl (C=O) groups is 4. The van der Waals surface area contributed by atoms with Gasteiger partial charge in [-0.05, 0) is 37.0 Å². The van der Waals surface area contributed by atoms with Crippen molar-refractivity contribution in [2.24, 2.45) is 27.9 Å². The number of nitrogens with one attached hydrogen (secondary N) is 2. The number of phenolic OH excluding ortho intramolecular Hbond substituents is 1. The Kier molecular flexibility index (Phi) is 10.4. The highest BCUT2D eigenvalue weighted by Crippen LogP contribution is 2.11. The maximum absolute atomic E-state index is 12.6. The molecule has 0 bridgehead atoms. The van der Waals surface area contributed by atoms with Gasteiger partial charge in [-0.3, -0.25) is 19.4 Å². The van der Waals surface area contributed by atoms with Crippen LogP contribution in [0.4, 0.5) is 0 Å². The Morgan fingerprint density at radius 1 is 0.969 bits per heavy atom. The number of aliphatic imine (C=N–C) groups is 1. The Hall–Kier alpha value is -3.87. The van der Waals surface area contributed by atoms with E-state index >= 15 is 0 Å². The second-order valence-corrected chi connectivity index (χ2v) is 7.06. The van der Waals surface area contributed by atoms with E-state index in [1.807, 2.05) is 0 Å². The lowest BCUT2D eigenvalue weighted by molar-refractivity contribution is -0.143. The quantitative estimate of drug-likeness (QED) is 0.0877. The van der Waals surface area contributed by atoms with Crippen LogP contribution in [0.25, 0.3) is 0 Å². The highest BCUT2D eigenvalue weighted by molar-refractivity contribution is 5.93. The Bertz CT molecular complexity index is 839. The molecule has 0 saturated heterocycles. The molecule has 0 aliphatic carbocycles. The smallest absolute Gasteiger partial charge is 0.326 e. The zero-order valence-corrected chi connectivity index (χ0v) is 17.4. The molecule has 0 aromatic heterocycles. The summed E-state index contributed by atoms with van der Waals surface area (Å²) in [5.41, 5.74) is 22.1. The lowest BCUT2D eigenvalue weighted by atomic mass is 10.0. The summed E-state index contributed by atoms with van der Waals surface area (Å²) in [6.07, 6.45) is -0.121. The van der Waals surface area contributed by atoms with Gasteiger partial charge in [0.15, 0.2) is 5.96 Å². The van der Waals surface area contributed by atoms with Crippen molar-refractivity contribution in [1.29, 1.82) is 0 Å². The van der Waals surface area contributed by atoms with Crippen molar-refractivity contribution in [3.63, 3.8) is 0 Å². The molecule has 0 spiro atoms. The number of carboxylic acids is 1. The first-order valence-corrected chi connectivity index (χ1v) is 9.70. The number of carboxylic acid groups (broad SMARTS) is 1. The predicted molar refractivity (Wildman–Crippen MR) is 115 cm³/mol. The molecule has 32 heavy (non-hydrogen) atoms. The molecule has 1 aromatic carbocycles. The molecule has 0 unspecified atom stereocenters. The van der Waals surface area contributed by atoms with Crippen molar-refractivity contribution in [1.82, 2.24) is 10.6 Å². The van der Waals surface area contributed by atoms with E-state index in [1.54, 1.807) is 12.1 Å². The number of phenols is 1. The van der Waals surface area contributed by atoms with Gasteiger partial charge >= 0.3 is 5.97 Å². The number of aliphatic carboxylic acids is 1. The molecule has 0 fully saturated rings. The SMILES string of the molecule is NC(=O)C[C@H](NC(=O)[C@H](CCCN=C(N)N)NC(=O)[C@@H](N)Cc1ccc(O)cc1)C(=O)O. The first-order valence-electron chi connectivity index (χ1n) is 9.70. The monoisotopic (exact) mass is 451 g/mol. The Labute approximate surface area is 184 Å². The van der Waals surface area contributed by atoms with Crippen LogP contribution in [0.1, 0.15) is 24.8 Å². The van der Waals surface area contributed by atoms with Crippen molar-refractivity contribution in [2.45, 2.75) is 43.8 Å². The largest absolute Gasteiger partial charge is 0.508 e. The Morgan fingerprint density at radius 2 is 1.56 bits per heavy atom. The lowest BCUT2D eigenvalue weighted by Crippen LogP contribution is -2.55. The van der Waals surface area contributed by atoms with Crippen molar-refractivity contribution in [3.05, 3.63) is 29.8 Å². The number of benzene rings is 1. The highest BCUT2D eigenvalue weighted by atomic mass is 16.4. The normalized spacial score (nSPS) is 13.3. The number of hydrogen-bond donors (Lipinski definition) is 8. The van der Waals surface area contributed by atoms with E-state index in [-0.39, 0.29) is 37.5 Å². The van der Waals surface area contributed by atoms with Gasteiger partial charge in [0, 0.05) is 6.54 Å². The maximum Gasteiger partial charge on any atom is 0.326 e. The van der Waals surface area contributed by atoms with E-state index in [0.29, 0.717) is 5.56 Å². The van der Waals surface area contributed by atoms with Gasteiger partial charge in [0.25, 0.3) is 0 Å². The molecule has 13 nitrogen and oxygen atoms in total. The summed E-state index contributed by atoms with van der Waals surface area (Å²) < 4.78 is 0. The summed E-state index contributed by atoms with van der Waals surface area (Å²) in [6.45, 7) is 0.172. The third kappa shape index (κ3) is 9.75. The number of hydrogen-bond acceptors (Lipinski definition) is 7. The van der Waals surface area contributed by atoms with E-state index in [2.05, 4.69) is 15.6 Å². The first kappa shape index (κ1) is 26.2. The fourth-order valence-corrected chi connectivity index (χ4v) is 2.70. The van der Waals surface area contributed by atoms with Crippen molar-refractivity contribution in [2.75, 3.05) is 6.54 Å². The molecular formula is C19H29N7O6. The average Bonchev–Trinajstić information content (AvgIpc) is 2.70. The molecule has 176 valence electrons. The Balaban J connectivity index is 2.85. The molecule has 0 saturated carbocycles. The number of primary amides is 1. The highest BCUT2D eigenvalue weighted by Gasteiger charge is 2.28. The number of amides is 3. The zero-order valence-electron chi connectivity index (χ0n) is 17.4. The van der Waals surface area contributed by atoms with Gasteiger partial charge in [-0.15, -0.1) is 0 Å². The number of guanidine groups is 1. The van der Waals surface area contributed by atoms with E-state index in [9.17, 15) is 29.4 Å². The molecule has 3 amide bonds. The van der Waals surface area contributed by atoms with Gasteiger partial charge < -0.3 is 43.8 Å². The summed E-state index contributed by atoms with van der Waals surface area (Å²) in [4.78, 5) is 51.3. The van der Waals surface area contributed by atoms with Gasteiger partial charge in [0.05, 0.1) is 12.5 Å². The van der Waals surface area contributed by atoms with Crippen LogP contribution >= 0.6 is 0 Å². The fourth-order valence-electron chi connectivity index (χ4n) is 2.70. The number of nitrogens with two attached hydrogens (primary N) is 4. The van der Waals surface area contributed by atoms with Crippen LogP contribution in [0.5, 0.6) is 5.75 Å². The van der Waals surface area contributed by atoms with Crippen LogP contribution in [-0.4, -0.2) is 64.5 Å². The third-order valence-electron chi connectivity index (χ3n) is 4.33. The zero-order chi connectivity index (χ0) is 24.3. The maximum atomic E-state index is 12.6. The minimum atomic E-state index is -1.55. The van der Waals surface area contributed by atoms with Crippen LogP contribution in [0.2, 0.25) is 0 Å². The number of nitrogens with zero attached hydrogens (tertiary/aromatic N) is 1. The average molecular weight is 451 g/mol. The molecule has 0 aliphatic heterocycles. The standard InChI is InChI=1S/C19H29N7O6/c20-12(8-10-3-5-11(27)6-4-10)16(29)25-13(2-1-7-24-19(22)23)17(30)26-14(18(31)32)9-15(21)28/h3-6,12-14,27H,1-2,7-9,20H2,(H2,21,28)(H,25,29)(H,26,30)(H,31,32)(H4,22,23,24)/t12-,13-,14-/m0/s1. The second kappa shape index (κ2) is 12.7. The molecule has 0 heterocycles. The van der Waals surface area contributed by atoms with Gasteiger partial charge in [-0.25, -0.2) is 4.79 Å². The fraction of sp³-hybridized carbons (Fsp3) is 0.421. The summed E-state index contributed by atoms with van der Waals surface area (Å²) in [5.74, 6) is -3.92. The molecule has 0 aliphatic rings. The number of rotatable bonds is 13. The third-order valence-corrected chi connectivity index (χ3v) is 4.33. The van der Waals surface area contributed by atoms with Crippen LogP contribution in [0.15, 0.2) is 29.3 Å². The molecule has 1 aromatic rings. The van der Waals surface area contributed by atoms with Crippen molar-refractivity contribution < 1.29 is 29.4 Å². The number of aromatic hydroxyl groups is 1. The van der Waals surface area contributed by atoms with Gasteiger partial charge in [0.1, 0.15) is 17.8 Å². The minimum absolute atomic E-state index is 0.0632. The lowest BCUT2D eigenvalue weighted by Gasteiger charge is -2.22. The van der Waals surface area contributed by atoms with E-state index in [1.165, 1.54) is 12.1 Å².